The summed E-state index contributed by atoms with van der Waals surface area (Å²) >= 11 is 0. The van der Waals surface area contributed by atoms with Crippen molar-refractivity contribution in [2.75, 3.05) is 19.6 Å². The number of carbonyl (C=O) groups is 2. The monoisotopic (exact) mass is 404 g/mol. The maximum atomic E-state index is 13.0. The topological polar surface area (TPSA) is 78.5 Å². The quantitative estimate of drug-likeness (QED) is 0.722. The van der Waals surface area contributed by atoms with Gasteiger partial charge in [0.25, 0.3) is 0 Å². The van der Waals surface area contributed by atoms with Crippen LogP contribution in [0, 0.1) is 5.92 Å². The van der Waals surface area contributed by atoms with Crippen LogP contribution in [0.2, 0.25) is 0 Å². The Labute approximate surface area is 174 Å². The Morgan fingerprint density at radius 1 is 1.03 bits per heavy atom. The van der Waals surface area contributed by atoms with E-state index in [4.69, 9.17) is 9.72 Å². The van der Waals surface area contributed by atoms with Gasteiger partial charge in [0.05, 0.1) is 11.0 Å². The van der Waals surface area contributed by atoms with E-state index in [9.17, 15) is 9.59 Å². The van der Waals surface area contributed by atoms with Gasteiger partial charge in [-0.05, 0) is 30.5 Å². The molecular formula is C23H24N4O3. The summed E-state index contributed by atoms with van der Waals surface area (Å²) < 4.78 is 5.59. The molecule has 2 amide bonds. The summed E-state index contributed by atoms with van der Waals surface area (Å²) in [5, 5.41) is 0. The Morgan fingerprint density at radius 3 is 2.57 bits per heavy atom. The van der Waals surface area contributed by atoms with Crippen LogP contribution in [0.1, 0.15) is 30.3 Å². The lowest BCUT2D eigenvalue weighted by Gasteiger charge is -2.40. The number of benzene rings is 2. The van der Waals surface area contributed by atoms with E-state index >= 15 is 0 Å². The summed E-state index contributed by atoms with van der Waals surface area (Å²) in [6, 6.07) is 17.0. The summed E-state index contributed by atoms with van der Waals surface area (Å²) in [5.74, 6) is 1.02. The Hall–Kier alpha value is -3.35. The zero-order valence-electron chi connectivity index (χ0n) is 16.7. The van der Waals surface area contributed by atoms with Crippen molar-refractivity contribution in [2.24, 2.45) is 5.92 Å². The smallest absolute Gasteiger partial charge is 0.410 e. The van der Waals surface area contributed by atoms with E-state index in [1.54, 1.807) is 4.90 Å². The lowest BCUT2D eigenvalue weighted by atomic mass is 10.1. The molecule has 154 valence electrons. The number of fused-ring (bicyclic) bond motifs is 1. The van der Waals surface area contributed by atoms with Crippen LogP contribution in [0.25, 0.3) is 11.0 Å². The molecule has 1 unspecified atom stereocenters. The summed E-state index contributed by atoms with van der Waals surface area (Å²) in [4.78, 5) is 37.2. The molecule has 0 radical (unpaired) electrons. The number of rotatable bonds is 4. The molecule has 0 bridgehead atoms. The second-order valence-electron chi connectivity index (χ2n) is 7.95. The molecule has 3 aromatic rings. The molecule has 2 aromatic carbocycles. The Bertz CT molecular complexity index is 1030. The number of aromatic amines is 1. The first-order valence-electron chi connectivity index (χ1n) is 10.4. The molecule has 7 nitrogen and oxygen atoms in total. The van der Waals surface area contributed by atoms with Crippen molar-refractivity contribution in [3.8, 4) is 0 Å². The van der Waals surface area contributed by atoms with Crippen molar-refractivity contribution in [3.05, 3.63) is 66.0 Å². The fraction of sp³-hybridized carbons (Fsp3) is 0.348. The predicted octanol–water partition coefficient (Wildman–Crippen LogP) is 3.50. The number of para-hydroxylation sites is 2. The first-order chi connectivity index (χ1) is 14.7. The number of nitrogens with one attached hydrogen (secondary N) is 1. The van der Waals surface area contributed by atoms with Gasteiger partial charge in [0.2, 0.25) is 5.91 Å². The summed E-state index contributed by atoms with van der Waals surface area (Å²) in [5.41, 5.74) is 2.69. The van der Waals surface area contributed by atoms with Gasteiger partial charge >= 0.3 is 6.09 Å². The molecule has 1 N–H and O–H groups in total. The van der Waals surface area contributed by atoms with Crippen LogP contribution in [-0.2, 0) is 16.1 Å². The van der Waals surface area contributed by atoms with Gasteiger partial charge in [-0.1, -0.05) is 42.5 Å². The number of nitrogens with zero attached hydrogens (tertiary/aromatic N) is 3. The second-order valence-corrected chi connectivity index (χ2v) is 7.95. The molecule has 1 saturated carbocycles. The third-order valence-electron chi connectivity index (χ3n) is 5.78. The third-order valence-corrected chi connectivity index (χ3v) is 5.78. The fourth-order valence-electron chi connectivity index (χ4n) is 3.96. The number of hydrogen-bond acceptors (Lipinski definition) is 4. The Balaban J connectivity index is 1.38. The Kier molecular flexibility index (Phi) is 4.86. The third kappa shape index (κ3) is 3.75. The van der Waals surface area contributed by atoms with Gasteiger partial charge in [0.1, 0.15) is 18.5 Å². The summed E-state index contributed by atoms with van der Waals surface area (Å²) in [6.07, 6.45) is 1.55. The van der Waals surface area contributed by atoms with E-state index < -0.39 is 0 Å². The highest BCUT2D eigenvalue weighted by atomic mass is 16.6. The van der Waals surface area contributed by atoms with Crippen LogP contribution < -0.4 is 0 Å². The molecule has 2 fully saturated rings. The van der Waals surface area contributed by atoms with Gasteiger partial charge < -0.3 is 14.6 Å². The van der Waals surface area contributed by atoms with E-state index in [2.05, 4.69) is 4.98 Å². The molecule has 2 heterocycles. The van der Waals surface area contributed by atoms with Crippen molar-refractivity contribution in [1.29, 1.82) is 0 Å². The first-order valence-corrected chi connectivity index (χ1v) is 10.4. The molecule has 1 saturated heterocycles. The highest BCUT2D eigenvalue weighted by molar-refractivity contribution is 5.81. The predicted molar refractivity (Wildman–Crippen MR) is 111 cm³/mol. The maximum absolute atomic E-state index is 13.0. The molecule has 1 aliphatic carbocycles. The molecule has 2 aliphatic rings. The molecule has 1 aromatic heterocycles. The van der Waals surface area contributed by atoms with Crippen molar-refractivity contribution < 1.29 is 14.3 Å². The lowest BCUT2D eigenvalue weighted by Crippen LogP contribution is -2.53. The molecule has 0 spiro atoms. The minimum Gasteiger partial charge on any atom is -0.445 e. The average Bonchev–Trinajstić information content (AvgIpc) is 3.55. The van der Waals surface area contributed by atoms with E-state index in [1.165, 1.54) is 0 Å². The van der Waals surface area contributed by atoms with E-state index in [1.807, 2.05) is 59.5 Å². The maximum Gasteiger partial charge on any atom is 0.410 e. The van der Waals surface area contributed by atoms with E-state index in [-0.39, 0.29) is 30.6 Å². The van der Waals surface area contributed by atoms with Crippen LogP contribution in [0.3, 0.4) is 0 Å². The fourth-order valence-corrected chi connectivity index (χ4v) is 3.96. The number of H-pyrrole nitrogens is 1. The highest BCUT2D eigenvalue weighted by Gasteiger charge is 2.40. The van der Waals surface area contributed by atoms with E-state index in [0.717, 1.165) is 29.4 Å². The molecule has 1 atom stereocenters. The molecule has 5 rings (SSSR count). The van der Waals surface area contributed by atoms with Gasteiger partial charge in [-0.25, -0.2) is 9.78 Å². The minimum absolute atomic E-state index is 0.151. The molecule has 7 heteroatoms. The van der Waals surface area contributed by atoms with E-state index in [0.29, 0.717) is 25.5 Å². The lowest BCUT2D eigenvalue weighted by molar-refractivity contribution is -0.135. The van der Waals surface area contributed by atoms with Gasteiger partial charge in [-0.2, -0.15) is 0 Å². The Morgan fingerprint density at radius 2 is 1.80 bits per heavy atom. The van der Waals surface area contributed by atoms with Crippen LogP contribution in [0.4, 0.5) is 4.79 Å². The molecule has 30 heavy (non-hydrogen) atoms. The zero-order chi connectivity index (χ0) is 20.5. The van der Waals surface area contributed by atoms with Crippen LogP contribution in [-0.4, -0.2) is 51.4 Å². The minimum atomic E-state index is -0.386. The largest absolute Gasteiger partial charge is 0.445 e. The second kappa shape index (κ2) is 7.82. The number of hydrogen-bond donors (Lipinski definition) is 1. The van der Waals surface area contributed by atoms with Crippen molar-refractivity contribution in [3.63, 3.8) is 0 Å². The van der Waals surface area contributed by atoms with Gasteiger partial charge in [0, 0.05) is 25.6 Å². The standard InChI is InChI=1S/C23H24N4O3/c28-22(17-10-11-17)26-12-13-27(23(29)30-15-16-6-2-1-3-7-16)20(14-26)21-24-18-8-4-5-9-19(18)25-21/h1-9,17,20H,10-15H2,(H,24,25). The number of carbonyl (C=O) groups excluding carboxylic acids is 2. The van der Waals surface area contributed by atoms with Crippen LogP contribution in [0.5, 0.6) is 0 Å². The zero-order valence-corrected chi connectivity index (χ0v) is 16.7. The number of piperazine rings is 1. The molecular weight excluding hydrogens is 380 g/mol. The molecule has 1 aliphatic heterocycles. The summed E-state index contributed by atoms with van der Waals surface area (Å²) in [6.45, 7) is 1.59. The SMILES string of the molecule is O=C(C1CC1)N1CCN(C(=O)OCc2ccccc2)C(c2nc3ccccc3[nH]2)C1. The first kappa shape index (κ1) is 18.7. The van der Waals surface area contributed by atoms with Crippen LogP contribution >= 0.6 is 0 Å². The van der Waals surface area contributed by atoms with Crippen LogP contribution in [0.15, 0.2) is 54.6 Å². The normalized spacial score (nSPS) is 19.1. The number of ether oxygens (including phenoxy) is 1. The van der Waals surface area contributed by atoms with Crippen molar-refractivity contribution in [2.45, 2.75) is 25.5 Å². The van der Waals surface area contributed by atoms with Gasteiger partial charge in [-0.15, -0.1) is 0 Å². The van der Waals surface area contributed by atoms with Crippen molar-refractivity contribution in [1.82, 2.24) is 19.8 Å². The highest BCUT2D eigenvalue weighted by Crippen LogP contribution is 2.34. The summed E-state index contributed by atoms with van der Waals surface area (Å²) in [7, 11) is 0. The van der Waals surface area contributed by atoms with Gasteiger partial charge in [-0.3, -0.25) is 9.69 Å². The number of amides is 2. The number of aromatic nitrogens is 2. The number of imidazole rings is 1. The average molecular weight is 404 g/mol. The van der Waals surface area contributed by atoms with Crippen molar-refractivity contribution >= 4 is 23.0 Å². The van der Waals surface area contributed by atoms with Gasteiger partial charge in [0.15, 0.2) is 0 Å².